The lowest BCUT2D eigenvalue weighted by Crippen LogP contribution is -2.49. The number of piperidine rings is 1. The van der Waals surface area contributed by atoms with E-state index in [0.29, 0.717) is 17.9 Å². The first-order valence-corrected chi connectivity index (χ1v) is 8.90. The van der Waals surface area contributed by atoms with Crippen LogP contribution in [0.2, 0.25) is 0 Å². The molecule has 3 aliphatic heterocycles. The van der Waals surface area contributed by atoms with Gasteiger partial charge in [-0.2, -0.15) is 0 Å². The van der Waals surface area contributed by atoms with E-state index >= 15 is 0 Å². The summed E-state index contributed by atoms with van der Waals surface area (Å²) >= 11 is 0. The van der Waals surface area contributed by atoms with E-state index in [1.807, 2.05) is 0 Å². The van der Waals surface area contributed by atoms with Gasteiger partial charge in [0.25, 0.3) is 0 Å². The van der Waals surface area contributed by atoms with Gasteiger partial charge in [0, 0.05) is 19.2 Å². The second-order valence-electron chi connectivity index (χ2n) is 7.01. The van der Waals surface area contributed by atoms with E-state index in [0.717, 1.165) is 32.7 Å². The minimum absolute atomic E-state index is 0.104. The van der Waals surface area contributed by atoms with Gasteiger partial charge < -0.3 is 15.0 Å². The van der Waals surface area contributed by atoms with Crippen LogP contribution in [0, 0.1) is 11.8 Å². The summed E-state index contributed by atoms with van der Waals surface area (Å²) in [6, 6.07) is 0.481. The second-order valence-corrected chi connectivity index (χ2v) is 7.01. The molecule has 3 rings (SSSR count). The predicted molar refractivity (Wildman–Crippen MR) is 83.1 cm³/mol. The van der Waals surface area contributed by atoms with Gasteiger partial charge in [-0.05, 0) is 58.0 Å². The molecule has 120 valence electrons. The van der Waals surface area contributed by atoms with Gasteiger partial charge in [0.15, 0.2) is 0 Å². The zero-order valence-corrected chi connectivity index (χ0v) is 13.4. The van der Waals surface area contributed by atoms with E-state index in [4.69, 9.17) is 4.74 Å². The number of ether oxygens (including phenoxy) is 1. The Labute approximate surface area is 128 Å². The highest BCUT2D eigenvalue weighted by atomic mass is 16.5. The smallest absolute Gasteiger partial charge is 0.228 e. The van der Waals surface area contributed by atoms with Crippen LogP contribution in [0.4, 0.5) is 0 Å². The molecule has 3 saturated heterocycles. The molecule has 1 amide bonds. The lowest BCUT2D eigenvalue weighted by molar-refractivity contribution is -0.140. The van der Waals surface area contributed by atoms with Crippen molar-refractivity contribution in [1.82, 2.24) is 10.2 Å². The minimum Gasteiger partial charge on any atom is -0.378 e. The zero-order chi connectivity index (χ0) is 14.7. The summed E-state index contributed by atoms with van der Waals surface area (Å²) in [7, 11) is 0. The Morgan fingerprint density at radius 2 is 1.90 bits per heavy atom. The van der Waals surface area contributed by atoms with E-state index in [-0.39, 0.29) is 12.0 Å². The third-order valence-electron chi connectivity index (χ3n) is 5.70. The molecular formula is C17H30N2O2. The van der Waals surface area contributed by atoms with E-state index in [2.05, 4.69) is 17.1 Å². The Balaban J connectivity index is 1.72. The van der Waals surface area contributed by atoms with Crippen LogP contribution in [0.1, 0.15) is 51.9 Å². The van der Waals surface area contributed by atoms with E-state index < -0.39 is 0 Å². The van der Waals surface area contributed by atoms with Crippen LogP contribution >= 0.6 is 0 Å². The number of carbonyl (C=O) groups is 1. The molecule has 21 heavy (non-hydrogen) atoms. The van der Waals surface area contributed by atoms with Crippen molar-refractivity contribution in [2.24, 2.45) is 11.8 Å². The quantitative estimate of drug-likeness (QED) is 0.849. The Bertz CT molecular complexity index is 355. The van der Waals surface area contributed by atoms with Gasteiger partial charge in [-0.15, -0.1) is 0 Å². The summed E-state index contributed by atoms with van der Waals surface area (Å²) in [5.41, 5.74) is 0. The molecule has 0 aliphatic carbocycles. The minimum atomic E-state index is 0.104. The maximum atomic E-state index is 13.0. The van der Waals surface area contributed by atoms with Crippen molar-refractivity contribution in [2.45, 2.75) is 64.0 Å². The Morgan fingerprint density at radius 1 is 1.10 bits per heavy atom. The molecular weight excluding hydrogens is 264 g/mol. The fourth-order valence-electron chi connectivity index (χ4n) is 4.40. The van der Waals surface area contributed by atoms with Crippen molar-refractivity contribution < 1.29 is 9.53 Å². The van der Waals surface area contributed by atoms with Crippen molar-refractivity contribution in [3.8, 4) is 0 Å². The first kappa shape index (κ1) is 15.3. The number of carbonyl (C=O) groups excluding carboxylic acids is 1. The maximum Gasteiger partial charge on any atom is 0.228 e. The van der Waals surface area contributed by atoms with Crippen LogP contribution < -0.4 is 5.32 Å². The molecule has 3 heterocycles. The number of amides is 1. The topological polar surface area (TPSA) is 41.6 Å². The van der Waals surface area contributed by atoms with Gasteiger partial charge in [0.2, 0.25) is 5.91 Å². The molecule has 0 aromatic carbocycles. The molecule has 0 aromatic heterocycles. The average Bonchev–Trinajstić information content (AvgIpc) is 2.80. The Kier molecular flexibility index (Phi) is 5.17. The van der Waals surface area contributed by atoms with Gasteiger partial charge in [-0.25, -0.2) is 0 Å². The Hall–Kier alpha value is -0.610. The van der Waals surface area contributed by atoms with E-state index in [1.165, 1.54) is 38.5 Å². The molecule has 3 aliphatic rings. The maximum absolute atomic E-state index is 13.0. The fraction of sp³-hybridized carbons (Fsp3) is 0.941. The number of hydrogen-bond donors (Lipinski definition) is 1. The largest absolute Gasteiger partial charge is 0.378 e. The molecule has 1 N–H and O–H groups in total. The zero-order valence-electron chi connectivity index (χ0n) is 13.4. The van der Waals surface area contributed by atoms with Gasteiger partial charge >= 0.3 is 0 Å². The van der Waals surface area contributed by atoms with Crippen LogP contribution in [0.25, 0.3) is 0 Å². The van der Waals surface area contributed by atoms with Gasteiger partial charge in [0.1, 0.15) is 0 Å². The normalized spacial score (nSPS) is 35.7. The molecule has 4 heteroatoms. The van der Waals surface area contributed by atoms with E-state index in [1.54, 1.807) is 0 Å². The van der Waals surface area contributed by atoms with Crippen LogP contribution in [0.3, 0.4) is 0 Å². The number of nitrogens with one attached hydrogen (secondary N) is 1. The predicted octanol–water partition coefficient (Wildman–Crippen LogP) is 2.18. The summed E-state index contributed by atoms with van der Waals surface area (Å²) in [6.45, 7) is 6.02. The lowest BCUT2D eigenvalue weighted by atomic mass is 9.86. The fourth-order valence-corrected chi connectivity index (χ4v) is 4.40. The van der Waals surface area contributed by atoms with Crippen LogP contribution in [0.5, 0.6) is 0 Å². The number of rotatable bonds is 2. The highest BCUT2D eigenvalue weighted by molar-refractivity contribution is 5.80. The summed E-state index contributed by atoms with van der Waals surface area (Å²) < 4.78 is 5.63. The van der Waals surface area contributed by atoms with Gasteiger partial charge in [-0.3, -0.25) is 4.79 Å². The highest BCUT2D eigenvalue weighted by Gasteiger charge is 2.39. The van der Waals surface area contributed by atoms with Crippen molar-refractivity contribution in [3.05, 3.63) is 0 Å². The third kappa shape index (κ3) is 3.42. The molecule has 3 fully saturated rings. The van der Waals surface area contributed by atoms with Crippen molar-refractivity contribution in [1.29, 1.82) is 0 Å². The van der Waals surface area contributed by atoms with E-state index in [9.17, 15) is 4.79 Å². The first-order chi connectivity index (χ1) is 10.3. The van der Waals surface area contributed by atoms with Gasteiger partial charge in [0.05, 0.1) is 12.0 Å². The van der Waals surface area contributed by atoms with Crippen LogP contribution in [0.15, 0.2) is 0 Å². The molecule has 0 spiro atoms. The highest BCUT2D eigenvalue weighted by Crippen LogP contribution is 2.31. The van der Waals surface area contributed by atoms with Gasteiger partial charge in [-0.1, -0.05) is 12.8 Å². The molecule has 0 radical (unpaired) electrons. The standard InChI is InChI=1S/C17H30N2O2/c1-13-15(8-12-21-13)17(20)19-11-4-2-3-5-16(19)14-6-9-18-10-7-14/h13-16,18H,2-12H2,1H3. The number of nitrogens with zero attached hydrogens (tertiary/aromatic N) is 1. The number of hydrogen-bond acceptors (Lipinski definition) is 3. The number of likely N-dealkylation sites (tertiary alicyclic amines) is 1. The second kappa shape index (κ2) is 7.10. The van der Waals surface area contributed by atoms with Crippen molar-refractivity contribution >= 4 is 5.91 Å². The van der Waals surface area contributed by atoms with Crippen molar-refractivity contribution in [3.63, 3.8) is 0 Å². The summed E-state index contributed by atoms with van der Waals surface area (Å²) in [4.78, 5) is 15.3. The summed E-state index contributed by atoms with van der Waals surface area (Å²) in [6.07, 6.45) is 8.42. The summed E-state index contributed by atoms with van der Waals surface area (Å²) in [5, 5.41) is 3.45. The average molecular weight is 294 g/mol. The first-order valence-electron chi connectivity index (χ1n) is 8.90. The third-order valence-corrected chi connectivity index (χ3v) is 5.70. The molecule has 4 nitrogen and oxygen atoms in total. The Morgan fingerprint density at radius 3 is 2.62 bits per heavy atom. The summed E-state index contributed by atoms with van der Waals surface area (Å²) in [5.74, 6) is 1.18. The monoisotopic (exact) mass is 294 g/mol. The van der Waals surface area contributed by atoms with Crippen molar-refractivity contribution in [2.75, 3.05) is 26.2 Å². The SMILES string of the molecule is CC1OCCC1C(=O)N1CCCCCC1C1CCNCC1. The molecule has 3 atom stereocenters. The lowest BCUT2D eigenvalue weighted by Gasteiger charge is -2.39. The van der Waals surface area contributed by atoms with Crippen LogP contribution in [-0.4, -0.2) is 49.2 Å². The molecule has 0 bridgehead atoms. The molecule has 0 aromatic rings. The molecule has 0 saturated carbocycles. The molecule has 3 unspecified atom stereocenters. The van der Waals surface area contributed by atoms with Crippen LogP contribution in [-0.2, 0) is 9.53 Å².